The molecule has 0 radical (unpaired) electrons. The van der Waals surface area contributed by atoms with Crippen LogP contribution in [0.1, 0.15) is 18.9 Å². The summed E-state index contributed by atoms with van der Waals surface area (Å²) in [7, 11) is 0. The van der Waals surface area contributed by atoms with Crippen molar-refractivity contribution in [2.24, 2.45) is 5.92 Å². The Balaban J connectivity index is 1.93. The first-order valence-electron chi connectivity index (χ1n) is 6.47. The summed E-state index contributed by atoms with van der Waals surface area (Å²) in [5.41, 5.74) is 0.948. The Bertz CT molecular complexity index is 468. The van der Waals surface area contributed by atoms with E-state index in [1.165, 1.54) is 0 Å². The lowest BCUT2D eigenvalue weighted by Gasteiger charge is -2.15. The number of amides is 1. The maximum Gasteiger partial charge on any atom is 0.246 e. The highest BCUT2D eigenvalue weighted by atomic mass is 35.5. The maximum atomic E-state index is 12.0. The first-order valence-corrected chi connectivity index (χ1v) is 6.84. The van der Waals surface area contributed by atoms with E-state index in [0.717, 1.165) is 18.5 Å². The first-order chi connectivity index (χ1) is 9.06. The van der Waals surface area contributed by atoms with Crippen LogP contribution >= 0.6 is 11.6 Å². The second-order valence-corrected chi connectivity index (χ2v) is 5.39. The van der Waals surface area contributed by atoms with Crippen molar-refractivity contribution in [2.45, 2.75) is 19.4 Å². The predicted octanol–water partition coefficient (Wildman–Crippen LogP) is 2.58. The van der Waals surface area contributed by atoms with Crippen LogP contribution in [0, 0.1) is 5.92 Å². The topological polar surface area (TPSA) is 40.5 Å². The van der Waals surface area contributed by atoms with Gasteiger partial charge in [-0.3, -0.25) is 4.79 Å². The van der Waals surface area contributed by atoms with Crippen molar-refractivity contribution in [3.8, 4) is 0 Å². The lowest BCUT2D eigenvalue weighted by Crippen LogP contribution is -2.28. The molecule has 0 spiro atoms. The largest absolute Gasteiger partial charge is 0.393 e. The van der Waals surface area contributed by atoms with Gasteiger partial charge in [0, 0.05) is 30.1 Å². The molecule has 4 heteroatoms. The smallest absolute Gasteiger partial charge is 0.246 e. The van der Waals surface area contributed by atoms with E-state index in [0.29, 0.717) is 11.6 Å². The number of carbonyl (C=O) groups is 1. The van der Waals surface area contributed by atoms with Crippen LogP contribution in [-0.4, -0.2) is 35.1 Å². The fraction of sp³-hybridized carbons (Fsp3) is 0.400. The highest BCUT2D eigenvalue weighted by molar-refractivity contribution is 6.30. The summed E-state index contributed by atoms with van der Waals surface area (Å²) in [5.74, 6) is 0.200. The summed E-state index contributed by atoms with van der Waals surface area (Å²) < 4.78 is 0. The standard InChI is InChI=1S/C15H18ClNO2/c1-11(18)13-8-9-17(10-13)15(19)7-4-12-2-5-14(16)6-3-12/h2-7,11,13,18H,8-10H2,1H3/b7-4+. The fourth-order valence-electron chi connectivity index (χ4n) is 2.23. The Morgan fingerprint density at radius 3 is 2.74 bits per heavy atom. The first kappa shape index (κ1) is 14.1. The van der Waals surface area contributed by atoms with Crippen LogP contribution in [0.5, 0.6) is 0 Å². The quantitative estimate of drug-likeness (QED) is 0.864. The van der Waals surface area contributed by atoms with Crippen LogP contribution in [0.2, 0.25) is 5.02 Å². The molecule has 2 rings (SSSR count). The van der Waals surface area contributed by atoms with Gasteiger partial charge in [-0.15, -0.1) is 0 Å². The summed E-state index contributed by atoms with van der Waals surface area (Å²) in [6.07, 6.45) is 3.89. The molecule has 0 bridgehead atoms. The number of benzene rings is 1. The van der Waals surface area contributed by atoms with E-state index in [-0.39, 0.29) is 17.9 Å². The van der Waals surface area contributed by atoms with Crippen molar-refractivity contribution in [3.05, 3.63) is 40.9 Å². The number of hydrogen-bond donors (Lipinski definition) is 1. The van der Waals surface area contributed by atoms with Crippen molar-refractivity contribution in [2.75, 3.05) is 13.1 Å². The summed E-state index contributed by atoms with van der Waals surface area (Å²) in [6.45, 7) is 3.14. The average Bonchev–Trinajstić information content (AvgIpc) is 2.87. The third kappa shape index (κ3) is 3.82. The van der Waals surface area contributed by atoms with Gasteiger partial charge in [0.1, 0.15) is 0 Å². The number of nitrogens with zero attached hydrogens (tertiary/aromatic N) is 1. The highest BCUT2D eigenvalue weighted by Crippen LogP contribution is 2.20. The zero-order valence-electron chi connectivity index (χ0n) is 10.9. The van der Waals surface area contributed by atoms with Crippen LogP contribution in [-0.2, 0) is 4.79 Å². The molecule has 1 aliphatic heterocycles. The van der Waals surface area contributed by atoms with Gasteiger partial charge in [0.2, 0.25) is 5.91 Å². The number of aliphatic hydroxyl groups excluding tert-OH is 1. The molecule has 1 aromatic rings. The van der Waals surface area contributed by atoms with Gasteiger partial charge in [-0.05, 0) is 37.1 Å². The molecule has 1 saturated heterocycles. The van der Waals surface area contributed by atoms with Gasteiger partial charge in [0.05, 0.1) is 6.10 Å². The van der Waals surface area contributed by atoms with E-state index in [1.807, 2.05) is 12.1 Å². The Labute approximate surface area is 118 Å². The molecule has 102 valence electrons. The van der Waals surface area contributed by atoms with Crippen molar-refractivity contribution in [1.82, 2.24) is 4.90 Å². The summed E-state index contributed by atoms with van der Waals surface area (Å²) in [4.78, 5) is 13.8. The SMILES string of the molecule is CC(O)C1CCN(C(=O)/C=C/c2ccc(Cl)cc2)C1. The number of likely N-dealkylation sites (tertiary alicyclic amines) is 1. The summed E-state index contributed by atoms with van der Waals surface area (Å²) in [6, 6.07) is 7.33. The minimum atomic E-state index is -0.349. The Morgan fingerprint density at radius 1 is 1.47 bits per heavy atom. The molecule has 1 aliphatic rings. The van der Waals surface area contributed by atoms with Gasteiger partial charge < -0.3 is 10.0 Å². The van der Waals surface area contributed by atoms with Crippen LogP contribution in [0.25, 0.3) is 6.08 Å². The molecule has 1 fully saturated rings. The molecule has 1 aromatic carbocycles. The van der Waals surface area contributed by atoms with Crippen LogP contribution in [0.15, 0.2) is 30.3 Å². The van der Waals surface area contributed by atoms with Crippen molar-refractivity contribution < 1.29 is 9.90 Å². The van der Waals surface area contributed by atoms with Crippen LogP contribution in [0.4, 0.5) is 0 Å². The van der Waals surface area contributed by atoms with E-state index in [9.17, 15) is 9.90 Å². The molecule has 2 unspecified atom stereocenters. The lowest BCUT2D eigenvalue weighted by atomic mass is 10.0. The molecule has 0 saturated carbocycles. The van der Waals surface area contributed by atoms with E-state index in [4.69, 9.17) is 11.6 Å². The molecule has 2 atom stereocenters. The van der Waals surface area contributed by atoms with Gasteiger partial charge in [-0.1, -0.05) is 23.7 Å². The van der Waals surface area contributed by atoms with E-state index >= 15 is 0 Å². The molecule has 0 aliphatic carbocycles. The number of hydrogen-bond acceptors (Lipinski definition) is 2. The van der Waals surface area contributed by atoms with Crippen LogP contribution < -0.4 is 0 Å². The number of halogens is 1. The van der Waals surface area contributed by atoms with E-state index in [1.54, 1.807) is 36.1 Å². The molecule has 1 heterocycles. The minimum absolute atomic E-state index is 0.00176. The lowest BCUT2D eigenvalue weighted by molar-refractivity contribution is -0.125. The van der Waals surface area contributed by atoms with Crippen LogP contribution in [0.3, 0.4) is 0 Å². The predicted molar refractivity (Wildman–Crippen MR) is 76.9 cm³/mol. The maximum absolute atomic E-state index is 12.0. The Morgan fingerprint density at radius 2 is 2.16 bits per heavy atom. The molecule has 0 aromatic heterocycles. The second-order valence-electron chi connectivity index (χ2n) is 4.96. The third-order valence-corrected chi connectivity index (χ3v) is 3.76. The van der Waals surface area contributed by atoms with Gasteiger partial charge in [-0.25, -0.2) is 0 Å². The third-order valence-electron chi connectivity index (χ3n) is 3.51. The minimum Gasteiger partial charge on any atom is -0.393 e. The van der Waals surface area contributed by atoms with Gasteiger partial charge in [0.15, 0.2) is 0 Å². The van der Waals surface area contributed by atoms with E-state index < -0.39 is 0 Å². The zero-order chi connectivity index (χ0) is 13.8. The molecule has 1 amide bonds. The fourth-order valence-corrected chi connectivity index (χ4v) is 2.35. The van der Waals surface area contributed by atoms with Crippen molar-refractivity contribution in [3.63, 3.8) is 0 Å². The molecule has 1 N–H and O–H groups in total. The zero-order valence-corrected chi connectivity index (χ0v) is 11.7. The monoisotopic (exact) mass is 279 g/mol. The second kappa shape index (κ2) is 6.22. The van der Waals surface area contributed by atoms with Gasteiger partial charge >= 0.3 is 0 Å². The molecular formula is C15H18ClNO2. The van der Waals surface area contributed by atoms with Gasteiger partial charge in [0.25, 0.3) is 0 Å². The average molecular weight is 280 g/mol. The molecular weight excluding hydrogens is 262 g/mol. The summed E-state index contributed by atoms with van der Waals surface area (Å²) in [5, 5.41) is 10.2. The van der Waals surface area contributed by atoms with Crippen molar-refractivity contribution in [1.29, 1.82) is 0 Å². The molecule has 3 nitrogen and oxygen atoms in total. The summed E-state index contributed by atoms with van der Waals surface area (Å²) >= 11 is 5.80. The number of rotatable bonds is 3. The Kier molecular flexibility index (Phi) is 4.61. The Hall–Kier alpha value is -1.32. The highest BCUT2D eigenvalue weighted by Gasteiger charge is 2.27. The van der Waals surface area contributed by atoms with Gasteiger partial charge in [-0.2, -0.15) is 0 Å². The van der Waals surface area contributed by atoms with E-state index in [2.05, 4.69) is 0 Å². The number of aliphatic hydroxyl groups is 1. The van der Waals surface area contributed by atoms with Crippen molar-refractivity contribution >= 4 is 23.6 Å². The molecule has 19 heavy (non-hydrogen) atoms. The normalized spacial score (nSPS) is 21.0. The number of carbonyl (C=O) groups excluding carboxylic acids is 1.